The molecule has 2 N–H and O–H groups in total. The summed E-state index contributed by atoms with van der Waals surface area (Å²) in [6.07, 6.45) is 1.80. The molecule has 1 atom stereocenters. The van der Waals surface area contributed by atoms with Gasteiger partial charge in [0.05, 0.1) is 6.61 Å². The van der Waals surface area contributed by atoms with E-state index in [0.29, 0.717) is 0 Å². The maximum atomic E-state index is 6.13. The van der Waals surface area contributed by atoms with Crippen LogP contribution in [0.15, 0.2) is 48.5 Å². The van der Waals surface area contributed by atoms with Crippen LogP contribution in [0.3, 0.4) is 0 Å². The van der Waals surface area contributed by atoms with Gasteiger partial charge < -0.3 is 15.2 Å². The molecule has 0 bridgehead atoms. The van der Waals surface area contributed by atoms with Gasteiger partial charge in [0.2, 0.25) is 0 Å². The van der Waals surface area contributed by atoms with Crippen LogP contribution in [0.25, 0.3) is 0 Å². The predicted molar refractivity (Wildman–Crippen MR) is 85.8 cm³/mol. The second kappa shape index (κ2) is 7.81. The average molecular weight is 285 g/mol. The lowest BCUT2D eigenvalue weighted by atomic mass is 10.0. The highest BCUT2D eigenvalue weighted by Crippen LogP contribution is 2.29. The third-order valence-electron chi connectivity index (χ3n) is 3.50. The van der Waals surface area contributed by atoms with Gasteiger partial charge in [-0.2, -0.15) is 0 Å². The summed E-state index contributed by atoms with van der Waals surface area (Å²) in [6, 6.07) is 16.0. The van der Waals surface area contributed by atoms with Gasteiger partial charge in [0, 0.05) is 18.7 Å². The van der Waals surface area contributed by atoms with Gasteiger partial charge in [-0.25, -0.2) is 0 Å². The van der Waals surface area contributed by atoms with E-state index in [-0.39, 0.29) is 6.04 Å². The van der Waals surface area contributed by atoms with E-state index in [0.717, 1.165) is 36.5 Å². The van der Waals surface area contributed by atoms with Crippen molar-refractivity contribution in [2.24, 2.45) is 5.73 Å². The number of para-hydroxylation sites is 1. The summed E-state index contributed by atoms with van der Waals surface area (Å²) in [5.41, 5.74) is 8.42. The Kier molecular flexibility index (Phi) is 5.78. The summed E-state index contributed by atoms with van der Waals surface area (Å²) < 4.78 is 11.1. The summed E-state index contributed by atoms with van der Waals surface area (Å²) in [4.78, 5) is 0. The van der Waals surface area contributed by atoms with E-state index in [9.17, 15) is 0 Å². The minimum Gasteiger partial charge on any atom is -0.457 e. The molecule has 0 spiro atoms. The van der Waals surface area contributed by atoms with Crippen molar-refractivity contribution in [1.29, 1.82) is 0 Å². The van der Waals surface area contributed by atoms with Gasteiger partial charge in [-0.3, -0.25) is 0 Å². The predicted octanol–water partition coefficient (Wildman–Crippen LogP) is 4.08. The summed E-state index contributed by atoms with van der Waals surface area (Å²) >= 11 is 0. The quantitative estimate of drug-likeness (QED) is 0.833. The number of hydrogen-bond acceptors (Lipinski definition) is 3. The van der Waals surface area contributed by atoms with E-state index in [1.54, 1.807) is 7.11 Å². The molecule has 112 valence electrons. The lowest BCUT2D eigenvalue weighted by molar-refractivity contribution is 0.202. The second-order valence-corrected chi connectivity index (χ2v) is 5.04. The largest absolute Gasteiger partial charge is 0.457 e. The van der Waals surface area contributed by atoms with Crippen LogP contribution < -0.4 is 10.5 Å². The molecule has 0 aromatic heterocycles. The Morgan fingerprint density at radius 3 is 2.43 bits per heavy atom. The van der Waals surface area contributed by atoms with Crippen molar-refractivity contribution < 1.29 is 9.47 Å². The molecule has 2 aromatic rings. The maximum Gasteiger partial charge on any atom is 0.132 e. The van der Waals surface area contributed by atoms with Crippen LogP contribution in [0.1, 0.15) is 30.5 Å². The summed E-state index contributed by atoms with van der Waals surface area (Å²) in [6.45, 7) is 2.81. The second-order valence-electron chi connectivity index (χ2n) is 5.04. The van der Waals surface area contributed by atoms with Crippen molar-refractivity contribution in [3.05, 3.63) is 59.7 Å². The fourth-order valence-electron chi connectivity index (χ4n) is 2.17. The van der Waals surface area contributed by atoms with Gasteiger partial charge >= 0.3 is 0 Å². The molecule has 0 saturated heterocycles. The molecule has 3 nitrogen and oxygen atoms in total. The lowest BCUT2D eigenvalue weighted by Crippen LogP contribution is -2.09. The third-order valence-corrected chi connectivity index (χ3v) is 3.50. The number of ether oxygens (including phenoxy) is 2. The summed E-state index contributed by atoms with van der Waals surface area (Å²) in [7, 11) is 1.71. The zero-order valence-electron chi connectivity index (χ0n) is 12.7. The first-order valence-electron chi connectivity index (χ1n) is 7.34. The van der Waals surface area contributed by atoms with Crippen LogP contribution >= 0.6 is 0 Å². The van der Waals surface area contributed by atoms with Crippen molar-refractivity contribution in [3.63, 3.8) is 0 Å². The van der Waals surface area contributed by atoms with E-state index < -0.39 is 0 Å². The van der Waals surface area contributed by atoms with E-state index in [2.05, 4.69) is 19.1 Å². The molecular weight excluding hydrogens is 262 g/mol. The van der Waals surface area contributed by atoms with Crippen molar-refractivity contribution in [1.82, 2.24) is 0 Å². The molecule has 2 rings (SSSR count). The molecule has 0 aliphatic rings. The van der Waals surface area contributed by atoms with Crippen LogP contribution in [0.4, 0.5) is 0 Å². The van der Waals surface area contributed by atoms with Crippen molar-refractivity contribution in [3.8, 4) is 11.5 Å². The summed E-state index contributed by atoms with van der Waals surface area (Å²) in [5.74, 6) is 1.66. The van der Waals surface area contributed by atoms with Gasteiger partial charge in [0.15, 0.2) is 0 Å². The smallest absolute Gasteiger partial charge is 0.132 e. The van der Waals surface area contributed by atoms with Crippen molar-refractivity contribution in [2.45, 2.75) is 25.8 Å². The SMILES string of the molecule is CC[C@@H](N)c1ccccc1Oc1ccc(CCOC)cc1. The molecule has 0 amide bonds. The molecule has 2 aromatic carbocycles. The Morgan fingerprint density at radius 1 is 1.05 bits per heavy atom. The lowest BCUT2D eigenvalue weighted by Gasteiger charge is -2.15. The van der Waals surface area contributed by atoms with Gasteiger partial charge in [0.25, 0.3) is 0 Å². The highest BCUT2D eigenvalue weighted by molar-refractivity contribution is 5.40. The number of methoxy groups -OCH3 is 1. The molecular formula is C18H23NO2. The normalized spacial score (nSPS) is 12.1. The average Bonchev–Trinajstić information content (AvgIpc) is 2.54. The number of nitrogens with two attached hydrogens (primary N) is 1. The first-order chi connectivity index (χ1) is 10.2. The fraction of sp³-hybridized carbons (Fsp3) is 0.333. The van der Waals surface area contributed by atoms with Crippen molar-refractivity contribution in [2.75, 3.05) is 13.7 Å². The topological polar surface area (TPSA) is 44.5 Å². The molecule has 0 aliphatic heterocycles. The maximum absolute atomic E-state index is 6.13. The number of rotatable bonds is 7. The zero-order chi connectivity index (χ0) is 15.1. The Hall–Kier alpha value is -1.84. The number of benzene rings is 2. The Bertz CT molecular complexity index is 551. The van der Waals surface area contributed by atoms with Crippen molar-refractivity contribution >= 4 is 0 Å². The molecule has 0 aliphatic carbocycles. The molecule has 0 fully saturated rings. The van der Waals surface area contributed by atoms with Crippen LogP contribution in [-0.4, -0.2) is 13.7 Å². The molecule has 0 radical (unpaired) electrons. The Labute approximate surface area is 126 Å². The minimum absolute atomic E-state index is 0.00201. The molecule has 0 saturated carbocycles. The van der Waals surface area contributed by atoms with Crippen LogP contribution in [0.5, 0.6) is 11.5 Å². The van der Waals surface area contributed by atoms with Gasteiger partial charge in [-0.1, -0.05) is 37.3 Å². The van der Waals surface area contributed by atoms with Crippen LogP contribution in [0.2, 0.25) is 0 Å². The third kappa shape index (κ3) is 4.31. The van der Waals surface area contributed by atoms with Gasteiger partial charge in [-0.15, -0.1) is 0 Å². The fourth-order valence-corrected chi connectivity index (χ4v) is 2.17. The van der Waals surface area contributed by atoms with Crippen LogP contribution in [0, 0.1) is 0 Å². The first-order valence-corrected chi connectivity index (χ1v) is 7.34. The van der Waals surface area contributed by atoms with Crippen LogP contribution in [-0.2, 0) is 11.2 Å². The van der Waals surface area contributed by atoms with Gasteiger partial charge in [-0.05, 0) is 36.6 Å². The Balaban J connectivity index is 2.11. The minimum atomic E-state index is 0.00201. The van der Waals surface area contributed by atoms with E-state index in [1.807, 2.05) is 36.4 Å². The monoisotopic (exact) mass is 285 g/mol. The molecule has 21 heavy (non-hydrogen) atoms. The standard InChI is InChI=1S/C18H23NO2/c1-3-17(19)16-6-4-5-7-18(16)21-15-10-8-14(9-11-15)12-13-20-2/h4-11,17H,3,12-13,19H2,1-2H3/t17-/m1/s1. The van der Waals surface area contributed by atoms with Gasteiger partial charge in [0.1, 0.15) is 11.5 Å². The number of hydrogen-bond donors (Lipinski definition) is 1. The molecule has 3 heteroatoms. The molecule has 0 heterocycles. The zero-order valence-corrected chi connectivity index (χ0v) is 12.7. The molecule has 0 unspecified atom stereocenters. The van der Waals surface area contributed by atoms with E-state index in [1.165, 1.54) is 5.56 Å². The summed E-state index contributed by atoms with van der Waals surface area (Å²) in [5, 5.41) is 0. The van der Waals surface area contributed by atoms with E-state index in [4.69, 9.17) is 15.2 Å². The first kappa shape index (κ1) is 15.5. The highest BCUT2D eigenvalue weighted by Gasteiger charge is 2.10. The Morgan fingerprint density at radius 2 is 1.76 bits per heavy atom. The highest BCUT2D eigenvalue weighted by atomic mass is 16.5. The van der Waals surface area contributed by atoms with E-state index >= 15 is 0 Å².